The molecule has 2 aromatic heterocycles. The van der Waals surface area contributed by atoms with Crippen molar-refractivity contribution in [3.63, 3.8) is 0 Å². The number of anilines is 2. The lowest BCUT2D eigenvalue weighted by Gasteiger charge is -2.24. The molecule has 13 nitrogen and oxygen atoms in total. The second-order valence-corrected chi connectivity index (χ2v) is 12.9. The van der Waals surface area contributed by atoms with Gasteiger partial charge in [-0.3, -0.25) is 13.9 Å². The predicted octanol–water partition coefficient (Wildman–Crippen LogP) is 4.16. The summed E-state index contributed by atoms with van der Waals surface area (Å²) < 4.78 is 54.1. The van der Waals surface area contributed by atoms with Crippen LogP contribution in [0.3, 0.4) is 0 Å². The van der Waals surface area contributed by atoms with Crippen LogP contribution >= 0.6 is 7.75 Å². The van der Waals surface area contributed by atoms with Crippen LogP contribution in [-0.4, -0.2) is 69.1 Å². The summed E-state index contributed by atoms with van der Waals surface area (Å²) in [5.41, 5.74) is 4.99. The van der Waals surface area contributed by atoms with Crippen molar-refractivity contribution in [3.8, 4) is 5.75 Å². The Morgan fingerprint density at radius 1 is 1.29 bits per heavy atom. The molecule has 3 aromatic rings. The van der Waals surface area contributed by atoms with Gasteiger partial charge in [0.05, 0.1) is 25.1 Å². The molecule has 228 valence electrons. The number of halogens is 1. The van der Waals surface area contributed by atoms with Crippen molar-refractivity contribution in [2.24, 2.45) is 0 Å². The van der Waals surface area contributed by atoms with Gasteiger partial charge in [-0.1, -0.05) is 18.2 Å². The van der Waals surface area contributed by atoms with Crippen LogP contribution in [0.4, 0.5) is 16.2 Å². The zero-order valence-electron chi connectivity index (χ0n) is 24.3. The summed E-state index contributed by atoms with van der Waals surface area (Å²) in [6.07, 6.45) is 1.17. The van der Waals surface area contributed by atoms with Crippen LogP contribution in [0.2, 0.25) is 0 Å². The van der Waals surface area contributed by atoms with Crippen LogP contribution in [0, 0.1) is 0 Å². The van der Waals surface area contributed by atoms with Crippen molar-refractivity contribution in [3.05, 3.63) is 36.7 Å². The minimum absolute atomic E-state index is 0.0420. The monoisotopic (exact) mass is 605 g/mol. The van der Waals surface area contributed by atoms with Crippen molar-refractivity contribution in [1.29, 1.82) is 0 Å². The van der Waals surface area contributed by atoms with Crippen molar-refractivity contribution in [1.82, 2.24) is 24.6 Å². The van der Waals surface area contributed by atoms with E-state index in [1.165, 1.54) is 24.7 Å². The van der Waals surface area contributed by atoms with E-state index in [-0.39, 0.29) is 30.8 Å². The van der Waals surface area contributed by atoms with Crippen LogP contribution in [0.1, 0.15) is 53.2 Å². The number of nitrogens with two attached hydrogens (primary N) is 1. The molecule has 3 N–H and O–H groups in total. The molecule has 5 rings (SSSR count). The van der Waals surface area contributed by atoms with E-state index in [2.05, 4.69) is 20.0 Å². The summed E-state index contributed by atoms with van der Waals surface area (Å²) >= 11 is 0. The Morgan fingerprint density at radius 3 is 2.67 bits per heavy atom. The molecule has 2 fully saturated rings. The lowest BCUT2D eigenvalue weighted by Crippen LogP contribution is -2.36. The second kappa shape index (κ2) is 11.8. The quantitative estimate of drug-likeness (QED) is 0.225. The van der Waals surface area contributed by atoms with Crippen LogP contribution in [-0.2, 0) is 23.4 Å². The first-order chi connectivity index (χ1) is 19.8. The number of alkyl halides is 1. The van der Waals surface area contributed by atoms with Crippen molar-refractivity contribution in [2.45, 2.75) is 83.1 Å². The topological polar surface area (TPSA) is 156 Å². The molecule has 3 heterocycles. The van der Waals surface area contributed by atoms with Crippen LogP contribution in [0.15, 0.2) is 36.7 Å². The summed E-state index contributed by atoms with van der Waals surface area (Å²) in [4.78, 5) is 27.6. The Kier molecular flexibility index (Phi) is 8.44. The van der Waals surface area contributed by atoms with Gasteiger partial charge in [-0.15, -0.1) is 0 Å². The molecule has 1 aromatic carbocycles. The number of rotatable bonds is 12. The fourth-order valence-electron chi connectivity index (χ4n) is 4.86. The third kappa shape index (κ3) is 6.67. The highest BCUT2D eigenvalue weighted by molar-refractivity contribution is 7.52. The summed E-state index contributed by atoms with van der Waals surface area (Å²) in [6.45, 7) is 6.02. The van der Waals surface area contributed by atoms with Crippen LogP contribution in [0.25, 0.3) is 11.2 Å². The summed E-state index contributed by atoms with van der Waals surface area (Å²) in [6, 6.07) is 7.71. The molecule has 1 aliphatic carbocycles. The highest BCUT2D eigenvalue weighted by atomic mass is 31.2. The van der Waals surface area contributed by atoms with Crippen molar-refractivity contribution < 1.29 is 32.3 Å². The Bertz CT molecular complexity index is 1470. The molecule has 0 spiro atoms. The standard InChI is InChI=1S/C27H37FN7O6P/c1-16(2)39-24(36)17(3)33-42(37,41-19-9-7-6-8-10-19)38-14-20-13-27(4,28)25(40-20)35-15-30-21-22(34(5)18-11-12-18)31-26(29)32-23(21)35/h6-10,15-18,20,25H,11-14H2,1-5H3,(H,33,37)(H2,29,31,32)/t17-,20-,25+,27+,42-/m0/s1. The SMILES string of the molecule is CC(C)OC(=O)[C@H](C)N[P@](=O)(OC[C@@H]1C[C@@](C)(F)[C@H](n2cnc3c(N(C)C4CC4)nc(N)nc32)O1)Oc1ccccc1. The van der Waals surface area contributed by atoms with Gasteiger partial charge in [-0.2, -0.15) is 15.1 Å². The van der Waals surface area contributed by atoms with Gasteiger partial charge in [0, 0.05) is 19.5 Å². The first-order valence-electron chi connectivity index (χ1n) is 13.9. The Morgan fingerprint density at radius 2 is 2.00 bits per heavy atom. The van der Waals surface area contributed by atoms with E-state index in [1.54, 1.807) is 44.2 Å². The second-order valence-electron chi connectivity index (χ2n) is 11.2. The Hall–Kier alpha value is -3.32. The highest BCUT2D eigenvalue weighted by Crippen LogP contribution is 2.48. The maximum atomic E-state index is 16.0. The number of aromatic nitrogens is 4. The van der Waals surface area contributed by atoms with Gasteiger partial charge in [-0.05, 0) is 52.7 Å². The number of nitrogens with zero attached hydrogens (tertiary/aromatic N) is 5. The van der Waals surface area contributed by atoms with E-state index in [0.717, 1.165) is 12.8 Å². The molecule has 1 saturated heterocycles. The normalized spacial score (nSPS) is 24.5. The number of carbonyl (C=O) groups excluding carboxylic acids is 1. The van der Waals surface area contributed by atoms with Gasteiger partial charge in [-0.25, -0.2) is 13.9 Å². The van der Waals surface area contributed by atoms with Gasteiger partial charge in [0.15, 0.2) is 28.9 Å². The fraction of sp³-hybridized carbons (Fsp3) is 0.556. The molecule has 0 unspecified atom stereocenters. The average Bonchev–Trinajstić information content (AvgIpc) is 3.62. The average molecular weight is 606 g/mol. The Labute approximate surface area is 243 Å². The lowest BCUT2D eigenvalue weighted by atomic mass is 10.0. The molecule has 0 bridgehead atoms. The van der Waals surface area contributed by atoms with Crippen LogP contribution < -0.4 is 20.2 Å². The number of hydrogen-bond donors (Lipinski definition) is 2. The van der Waals surface area contributed by atoms with Gasteiger partial charge < -0.3 is 24.6 Å². The lowest BCUT2D eigenvalue weighted by molar-refractivity contribution is -0.149. The minimum atomic E-state index is -4.15. The number of imidazole rings is 1. The molecule has 42 heavy (non-hydrogen) atoms. The largest absolute Gasteiger partial charge is 0.462 e. The molecule has 0 amide bonds. The molecule has 15 heteroatoms. The molecule has 0 radical (unpaired) electrons. The number of fused-ring (bicyclic) bond motifs is 1. The smallest absolute Gasteiger partial charge is 0.459 e. The molecule has 5 atom stereocenters. The first-order valence-corrected chi connectivity index (χ1v) is 15.4. The molecule has 2 aliphatic rings. The number of para-hydroxylation sites is 1. The number of nitrogens with one attached hydrogen (secondary N) is 1. The molecule has 1 saturated carbocycles. The van der Waals surface area contributed by atoms with Gasteiger partial charge in [0.1, 0.15) is 11.8 Å². The number of carbonyl (C=O) groups is 1. The number of benzene rings is 1. The van der Waals surface area contributed by atoms with E-state index in [1.807, 2.05) is 11.9 Å². The summed E-state index contributed by atoms with van der Waals surface area (Å²) in [5, 5.41) is 2.63. The summed E-state index contributed by atoms with van der Waals surface area (Å²) in [5.74, 6) is 0.249. The van der Waals surface area contributed by atoms with Gasteiger partial charge >= 0.3 is 13.7 Å². The zero-order valence-corrected chi connectivity index (χ0v) is 25.2. The maximum absolute atomic E-state index is 16.0. The zero-order chi connectivity index (χ0) is 30.2. The third-order valence-electron chi connectivity index (χ3n) is 7.02. The maximum Gasteiger partial charge on any atom is 0.459 e. The molecule has 1 aliphatic heterocycles. The first kappa shape index (κ1) is 30.1. The van der Waals surface area contributed by atoms with Gasteiger partial charge in [0.2, 0.25) is 5.95 Å². The van der Waals surface area contributed by atoms with E-state index in [4.69, 9.17) is 24.3 Å². The van der Waals surface area contributed by atoms with E-state index in [0.29, 0.717) is 23.0 Å². The van der Waals surface area contributed by atoms with E-state index >= 15 is 4.39 Å². The number of ether oxygens (including phenoxy) is 2. The van der Waals surface area contributed by atoms with E-state index < -0.39 is 37.8 Å². The number of esters is 1. The number of nitrogen functional groups attached to an aromatic ring is 1. The van der Waals surface area contributed by atoms with Crippen LogP contribution in [0.5, 0.6) is 5.75 Å². The Balaban J connectivity index is 1.34. The van der Waals surface area contributed by atoms with Gasteiger partial charge in [0.25, 0.3) is 0 Å². The minimum Gasteiger partial charge on any atom is -0.462 e. The van der Waals surface area contributed by atoms with E-state index in [9.17, 15) is 9.36 Å². The summed E-state index contributed by atoms with van der Waals surface area (Å²) in [7, 11) is -2.23. The van der Waals surface area contributed by atoms with Crippen molar-refractivity contribution in [2.75, 3.05) is 24.3 Å². The molecular weight excluding hydrogens is 568 g/mol. The fourth-order valence-corrected chi connectivity index (χ4v) is 6.38. The van der Waals surface area contributed by atoms with Crippen molar-refractivity contribution >= 4 is 36.6 Å². The predicted molar refractivity (Wildman–Crippen MR) is 154 cm³/mol. The highest BCUT2D eigenvalue weighted by Gasteiger charge is 2.49. The third-order valence-corrected chi connectivity index (χ3v) is 8.66. The number of hydrogen-bond acceptors (Lipinski definition) is 11. The molecular formula is C27H37FN7O6P.